The van der Waals surface area contributed by atoms with Crippen LogP contribution < -0.4 is 5.32 Å². The highest BCUT2D eigenvalue weighted by atomic mass is 16.5. The average Bonchev–Trinajstić information content (AvgIpc) is 3.04. The molecular formula is C20H25N3O5. The van der Waals surface area contributed by atoms with Gasteiger partial charge in [-0.25, -0.2) is 4.79 Å². The van der Waals surface area contributed by atoms with Crippen molar-refractivity contribution < 1.29 is 24.2 Å². The molecule has 1 fully saturated rings. The van der Waals surface area contributed by atoms with Crippen LogP contribution >= 0.6 is 0 Å². The number of ether oxygens (including phenoxy) is 1. The second kappa shape index (κ2) is 8.88. The molecule has 2 amide bonds. The van der Waals surface area contributed by atoms with E-state index in [1.54, 1.807) is 24.3 Å². The molecule has 2 N–H and O–H groups in total. The Hall–Kier alpha value is -2.87. The molecule has 8 nitrogen and oxygen atoms in total. The molecule has 150 valence electrons. The molecule has 0 saturated carbocycles. The van der Waals surface area contributed by atoms with Crippen LogP contribution in [0.4, 0.5) is 5.69 Å². The van der Waals surface area contributed by atoms with E-state index in [4.69, 9.17) is 9.84 Å². The standard InChI is InChI=1S/C20H25N3O5/c1-28-20(27)16-13-23(11-12-24)19(26)17(16)21-15-7-5-14(6-8-15)18(25)22-9-3-2-4-10-22/h5-8,21,24H,2-4,9-13H2,1H3. The van der Waals surface area contributed by atoms with E-state index in [1.807, 2.05) is 4.90 Å². The van der Waals surface area contributed by atoms with Crippen molar-refractivity contribution in [3.8, 4) is 0 Å². The van der Waals surface area contributed by atoms with Crippen molar-refractivity contribution in [2.24, 2.45) is 0 Å². The fourth-order valence-corrected chi connectivity index (χ4v) is 3.47. The number of β-amino-alcohol motifs (C(OH)–C–C–N with tert-alkyl or cyclic N) is 1. The monoisotopic (exact) mass is 387 g/mol. The number of anilines is 1. The number of aliphatic hydroxyl groups excluding tert-OH is 1. The summed E-state index contributed by atoms with van der Waals surface area (Å²) in [7, 11) is 1.26. The number of hydrogen-bond acceptors (Lipinski definition) is 6. The largest absolute Gasteiger partial charge is 0.466 e. The van der Waals surface area contributed by atoms with Crippen LogP contribution in [-0.4, -0.2) is 72.6 Å². The van der Waals surface area contributed by atoms with Crippen molar-refractivity contribution in [1.29, 1.82) is 0 Å². The number of piperidine rings is 1. The second-order valence-corrected chi connectivity index (χ2v) is 6.85. The molecule has 0 atom stereocenters. The number of aliphatic hydroxyl groups is 1. The number of nitrogens with one attached hydrogen (secondary N) is 1. The highest BCUT2D eigenvalue weighted by molar-refractivity contribution is 6.08. The van der Waals surface area contributed by atoms with Gasteiger partial charge >= 0.3 is 5.97 Å². The van der Waals surface area contributed by atoms with Gasteiger partial charge in [-0.2, -0.15) is 0 Å². The van der Waals surface area contributed by atoms with Gasteiger partial charge < -0.3 is 25.0 Å². The Labute approximate surface area is 163 Å². The normalized spacial score (nSPS) is 17.1. The SMILES string of the molecule is COC(=O)C1=C(Nc2ccc(C(=O)N3CCCCC3)cc2)C(=O)N(CCO)C1. The van der Waals surface area contributed by atoms with Crippen LogP contribution in [-0.2, 0) is 14.3 Å². The van der Waals surface area contributed by atoms with E-state index in [9.17, 15) is 14.4 Å². The van der Waals surface area contributed by atoms with Crippen molar-refractivity contribution in [3.63, 3.8) is 0 Å². The Bertz CT molecular complexity index is 782. The molecule has 1 aromatic rings. The van der Waals surface area contributed by atoms with Crippen molar-refractivity contribution in [2.45, 2.75) is 19.3 Å². The Morgan fingerprint density at radius 2 is 1.82 bits per heavy atom. The lowest BCUT2D eigenvalue weighted by atomic mass is 10.1. The average molecular weight is 387 g/mol. The molecule has 0 radical (unpaired) electrons. The smallest absolute Gasteiger partial charge is 0.337 e. The number of likely N-dealkylation sites (tertiary alicyclic amines) is 1. The topological polar surface area (TPSA) is 99.2 Å². The van der Waals surface area contributed by atoms with Crippen LogP contribution in [0.1, 0.15) is 29.6 Å². The predicted octanol–water partition coefficient (Wildman–Crippen LogP) is 0.986. The van der Waals surface area contributed by atoms with Crippen LogP contribution in [0.25, 0.3) is 0 Å². The summed E-state index contributed by atoms with van der Waals surface area (Å²) in [4.78, 5) is 40.3. The van der Waals surface area contributed by atoms with Crippen molar-refractivity contribution in [3.05, 3.63) is 41.1 Å². The van der Waals surface area contributed by atoms with Gasteiger partial charge in [-0.15, -0.1) is 0 Å². The molecule has 0 spiro atoms. The van der Waals surface area contributed by atoms with Crippen molar-refractivity contribution in [2.75, 3.05) is 45.2 Å². The third-order valence-electron chi connectivity index (χ3n) is 5.00. The van der Waals surface area contributed by atoms with Gasteiger partial charge in [-0.05, 0) is 43.5 Å². The van der Waals surface area contributed by atoms with E-state index >= 15 is 0 Å². The number of benzene rings is 1. The number of carbonyl (C=O) groups is 3. The molecule has 8 heteroatoms. The number of carbonyl (C=O) groups excluding carboxylic acids is 3. The predicted molar refractivity (Wildman–Crippen MR) is 103 cm³/mol. The maximum atomic E-state index is 12.6. The zero-order chi connectivity index (χ0) is 20.1. The van der Waals surface area contributed by atoms with Gasteiger partial charge in [0, 0.05) is 30.9 Å². The van der Waals surface area contributed by atoms with Gasteiger partial charge in [-0.3, -0.25) is 9.59 Å². The van der Waals surface area contributed by atoms with Gasteiger partial charge in [0.15, 0.2) is 0 Å². The second-order valence-electron chi connectivity index (χ2n) is 6.85. The molecule has 2 heterocycles. The van der Waals surface area contributed by atoms with E-state index in [2.05, 4.69) is 5.32 Å². The lowest BCUT2D eigenvalue weighted by molar-refractivity contribution is -0.136. The Morgan fingerprint density at radius 3 is 2.43 bits per heavy atom. The molecule has 0 aliphatic carbocycles. The van der Waals surface area contributed by atoms with Crippen LogP contribution in [0.15, 0.2) is 35.5 Å². The summed E-state index contributed by atoms with van der Waals surface area (Å²) in [6.45, 7) is 1.58. The van der Waals surface area contributed by atoms with Gasteiger partial charge in [0.1, 0.15) is 5.70 Å². The van der Waals surface area contributed by atoms with Crippen LogP contribution in [0, 0.1) is 0 Å². The Balaban J connectivity index is 1.75. The molecule has 2 aliphatic rings. The summed E-state index contributed by atoms with van der Waals surface area (Å²) >= 11 is 0. The molecule has 3 rings (SSSR count). The summed E-state index contributed by atoms with van der Waals surface area (Å²) in [5.74, 6) is -0.956. The van der Waals surface area contributed by atoms with Crippen LogP contribution in [0.3, 0.4) is 0 Å². The van der Waals surface area contributed by atoms with Gasteiger partial charge in [0.2, 0.25) is 0 Å². The summed E-state index contributed by atoms with van der Waals surface area (Å²) in [6, 6.07) is 6.84. The summed E-state index contributed by atoms with van der Waals surface area (Å²) in [5, 5.41) is 12.1. The van der Waals surface area contributed by atoms with Gasteiger partial charge in [0.05, 0.1) is 25.8 Å². The molecule has 0 aromatic heterocycles. The highest BCUT2D eigenvalue weighted by Crippen LogP contribution is 2.23. The molecular weight excluding hydrogens is 362 g/mol. The highest BCUT2D eigenvalue weighted by Gasteiger charge is 2.34. The molecule has 0 bridgehead atoms. The maximum Gasteiger partial charge on any atom is 0.337 e. The summed E-state index contributed by atoms with van der Waals surface area (Å²) in [6.07, 6.45) is 3.22. The lowest BCUT2D eigenvalue weighted by Crippen LogP contribution is -2.35. The quantitative estimate of drug-likeness (QED) is 0.706. The maximum absolute atomic E-state index is 12.6. The zero-order valence-electron chi connectivity index (χ0n) is 15.9. The van der Waals surface area contributed by atoms with E-state index in [0.717, 1.165) is 32.4 Å². The fourth-order valence-electron chi connectivity index (χ4n) is 3.47. The Kier molecular flexibility index (Phi) is 6.30. The van der Waals surface area contributed by atoms with E-state index < -0.39 is 5.97 Å². The summed E-state index contributed by atoms with van der Waals surface area (Å²) < 4.78 is 4.77. The first-order valence-electron chi connectivity index (χ1n) is 9.43. The first kappa shape index (κ1) is 19.9. The first-order chi connectivity index (χ1) is 13.5. The minimum absolute atomic E-state index is 0.00628. The number of esters is 1. The summed E-state index contributed by atoms with van der Waals surface area (Å²) in [5.41, 5.74) is 1.53. The third kappa shape index (κ3) is 4.17. The van der Waals surface area contributed by atoms with Crippen LogP contribution in [0.5, 0.6) is 0 Å². The molecule has 0 unspecified atom stereocenters. The molecule has 2 aliphatic heterocycles. The third-order valence-corrected chi connectivity index (χ3v) is 5.00. The van der Waals surface area contributed by atoms with Gasteiger partial charge in [-0.1, -0.05) is 0 Å². The van der Waals surface area contributed by atoms with Crippen molar-refractivity contribution >= 4 is 23.5 Å². The number of nitrogens with zero attached hydrogens (tertiary/aromatic N) is 2. The molecule has 1 aromatic carbocycles. The van der Waals surface area contributed by atoms with Crippen molar-refractivity contribution in [1.82, 2.24) is 9.80 Å². The fraction of sp³-hybridized carbons (Fsp3) is 0.450. The number of methoxy groups -OCH3 is 1. The Morgan fingerprint density at radius 1 is 1.14 bits per heavy atom. The van der Waals surface area contributed by atoms with Gasteiger partial charge in [0.25, 0.3) is 11.8 Å². The first-order valence-corrected chi connectivity index (χ1v) is 9.43. The minimum atomic E-state index is -0.590. The van der Waals surface area contributed by atoms with E-state index in [-0.39, 0.29) is 42.8 Å². The van der Waals surface area contributed by atoms with Crippen LogP contribution in [0.2, 0.25) is 0 Å². The number of rotatable bonds is 6. The molecule has 1 saturated heterocycles. The lowest BCUT2D eigenvalue weighted by Gasteiger charge is -2.26. The number of amides is 2. The van der Waals surface area contributed by atoms with E-state index in [1.165, 1.54) is 12.0 Å². The van der Waals surface area contributed by atoms with E-state index in [0.29, 0.717) is 11.3 Å². The zero-order valence-corrected chi connectivity index (χ0v) is 15.9. The minimum Gasteiger partial charge on any atom is -0.466 e. The number of hydrogen-bond donors (Lipinski definition) is 2. The molecule has 28 heavy (non-hydrogen) atoms.